The minimum absolute atomic E-state index is 0.243. The van der Waals surface area contributed by atoms with Gasteiger partial charge in [-0.15, -0.1) is 0 Å². The Balaban J connectivity index is 2.68. The van der Waals surface area contributed by atoms with Crippen molar-refractivity contribution in [2.24, 2.45) is 11.7 Å². The average Bonchev–Trinajstić information content (AvgIpc) is 2.71. The number of nitrogens with two attached hydrogens (primary N) is 1. The van der Waals surface area contributed by atoms with Crippen LogP contribution in [-0.4, -0.2) is 27.9 Å². The molecule has 0 aliphatic heterocycles. The highest BCUT2D eigenvalue weighted by Gasteiger charge is 2.24. The van der Waals surface area contributed by atoms with E-state index in [9.17, 15) is 4.79 Å². The summed E-state index contributed by atoms with van der Waals surface area (Å²) in [6.07, 6.45) is 4.31. The predicted molar refractivity (Wildman–Crippen MR) is 74.7 cm³/mol. The molecule has 0 amide bonds. The first-order valence-electron chi connectivity index (χ1n) is 6.69. The number of hydrogen-bond acceptors (Lipinski definition) is 4. The van der Waals surface area contributed by atoms with Gasteiger partial charge >= 0.3 is 5.97 Å². The van der Waals surface area contributed by atoms with Gasteiger partial charge in [-0.3, -0.25) is 9.48 Å². The van der Waals surface area contributed by atoms with Crippen LogP contribution in [0.15, 0.2) is 12.4 Å². The van der Waals surface area contributed by atoms with Crippen molar-refractivity contribution in [3.63, 3.8) is 0 Å². The van der Waals surface area contributed by atoms with E-state index in [4.69, 9.17) is 10.5 Å². The largest absolute Gasteiger partial charge is 0.460 e. The van der Waals surface area contributed by atoms with Crippen LogP contribution in [0.1, 0.15) is 46.2 Å². The summed E-state index contributed by atoms with van der Waals surface area (Å²) in [6, 6.07) is 0.312. The molecule has 1 unspecified atom stereocenters. The Bertz CT molecular complexity index is 419. The molecule has 19 heavy (non-hydrogen) atoms. The van der Waals surface area contributed by atoms with Crippen LogP contribution in [0.25, 0.3) is 0 Å². The molecular formula is C14H25N3O2. The summed E-state index contributed by atoms with van der Waals surface area (Å²) < 4.78 is 7.24. The fraction of sp³-hybridized carbons (Fsp3) is 0.714. The lowest BCUT2D eigenvalue weighted by molar-refractivity contribution is -0.159. The molecule has 5 nitrogen and oxygen atoms in total. The molecule has 0 saturated carbocycles. The predicted octanol–water partition coefficient (Wildman–Crippen LogP) is 1.92. The monoisotopic (exact) mass is 267 g/mol. The van der Waals surface area contributed by atoms with Crippen LogP contribution in [0.2, 0.25) is 0 Å². The van der Waals surface area contributed by atoms with Gasteiger partial charge in [0.1, 0.15) is 5.60 Å². The van der Waals surface area contributed by atoms with Gasteiger partial charge in [-0.1, -0.05) is 0 Å². The van der Waals surface area contributed by atoms with E-state index in [1.54, 1.807) is 6.20 Å². The van der Waals surface area contributed by atoms with Gasteiger partial charge in [-0.2, -0.15) is 5.10 Å². The van der Waals surface area contributed by atoms with Crippen molar-refractivity contribution in [3.05, 3.63) is 18.0 Å². The van der Waals surface area contributed by atoms with Crippen LogP contribution in [0.4, 0.5) is 0 Å². The lowest BCUT2D eigenvalue weighted by Crippen LogP contribution is -2.33. The normalized spacial score (nSPS) is 13.6. The molecule has 1 rings (SSSR count). The summed E-state index contributed by atoms with van der Waals surface area (Å²) in [6.45, 7) is 9.97. The van der Waals surface area contributed by atoms with Gasteiger partial charge in [-0.25, -0.2) is 0 Å². The van der Waals surface area contributed by atoms with Gasteiger partial charge < -0.3 is 10.5 Å². The zero-order chi connectivity index (χ0) is 14.6. The second-order valence-electron chi connectivity index (χ2n) is 6.09. The van der Waals surface area contributed by atoms with Gasteiger partial charge in [0, 0.05) is 18.8 Å². The van der Waals surface area contributed by atoms with E-state index in [-0.39, 0.29) is 18.4 Å². The van der Waals surface area contributed by atoms with Crippen molar-refractivity contribution in [1.29, 1.82) is 0 Å². The average molecular weight is 267 g/mol. The quantitative estimate of drug-likeness (QED) is 0.827. The second-order valence-corrected chi connectivity index (χ2v) is 6.09. The second kappa shape index (κ2) is 6.19. The molecule has 1 aromatic heterocycles. The Kier molecular flexibility index (Phi) is 5.11. The summed E-state index contributed by atoms with van der Waals surface area (Å²) in [5.41, 5.74) is 6.21. The molecule has 0 bridgehead atoms. The maximum absolute atomic E-state index is 12.0. The third-order valence-corrected chi connectivity index (χ3v) is 2.69. The van der Waals surface area contributed by atoms with E-state index in [2.05, 4.69) is 18.9 Å². The number of rotatable bonds is 5. The van der Waals surface area contributed by atoms with Crippen LogP contribution in [-0.2, 0) is 16.0 Å². The Morgan fingerprint density at radius 3 is 2.53 bits per heavy atom. The van der Waals surface area contributed by atoms with E-state index in [0.29, 0.717) is 12.5 Å². The highest BCUT2D eigenvalue weighted by molar-refractivity contribution is 5.73. The maximum Gasteiger partial charge on any atom is 0.311 e. The summed E-state index contributed by atoms with van der Waals surface area (Å²) in [4.78, 5) is 12.0. The number of ether oxygens (including phenoxy) is 1. The van der Waals surface area contributed by atoms with Gasteiger partial charge in [0.15, 0.2) is 0 Å². The molecular weight excluding hydrogens is 242 g/mol. The molecule has 5 heteroatoms. The number of carbonyl (C=O) groups excluding carboxylic acids is 1. The molecule has 0 aliphatic carbocycles. The molecule has 108 valence electrons. The van der Waals surface area contributed by atoms with Crippen molar-refractivity contribution in [3.8, 4) is 0 Å². The summed E-state index contributed by atoms with van der Waals surface area (Å²) >= 11 is 0. The van der Waals surface area contributed by atoms with Crippen LogP contribution in [0.3, 0.4) is 0 Å². The fourth-order valence-electron chi connectivity index (χ4n) is 1.70. The Morgan fingerprint density at radius 2 is 2.11 bits per heavy atom. The third kappa shape index (κ3) is 5.03. The molecule has 0 aromatic carbocycles. The fourth-order valence-corrected chi connectivity index (χ4v) is 1.70. The standard InChI is InChI=1S/C14H25N3O2/c1-10(2)17-9-11(8-16-17)6-12(7-15)13(18)19-14(3,4)5/h8-10,12H,6-7,15H2,1-5H3. The Labute approximate surface area is 115 Å². The molecule has 2 N–H and O–H groups in total. The Morgan fingerprint density at radius 1 is 1.47 bits per heavy atom. The highest BCUT2D eigenvalue weighted by atomic mass is 16.6. The number of carbonyl (C=O) groups is 1. The molecule has 0 radical (unpaired) electrons. The SMILES string of the molecule is CC(C)n1cc(CC(CN)C(=O)OC(C)(C)C)cn1. The number of nitrogens with zero attached hydrogens (tertiary/aromatic N) is 2. The van der Waals surface area contributed by atoms with Gasteiger partial charge in [-0.05, 0) is 46.6 Å². The van der Waals surface area contributed by atoms with Crippen molar-refractivity contribution in [2.75, 3.05) is 6.54 Å². The first-order chi connectivity index (χ1) is 8.73. The first-order valence-corrected chi connectivity index (χ1v) is 6.69. The topological polar surface area (TPSA) is 70.1 Å². The highest BCUT2D eigenvalue weighted by Crippen LogP contribution is 2.15. The number of esters is 1. The summed E-state index contributed by atoms with van der Waals surface area (Å²) in [7, 11) is 0. The van der Waals surface area contributed by atoms with Gasteiger partial charge in [0.05, 0.1) is 12.1 Å². The Hall–Kier alpha value is -1.36. The number of hydrogen-bond donors (Lipinski definition) is 1. The minimum Gasteiger partial charge on any atom is -0.460 e. The zero-order valence-electron chi connectivity index (χ0n) is 12.5. The molecule has 1 aromatic rings. The maximum atomic E-state index is 12.0. The summed E-state index contributed by atoms with van der Waals surface area (Å²) in [5.74, 6) is -0.559. The van der Waals surface area contributed by atoms with Crippen LogP contribution >= 0.6 is 0 Å². The van der Waals surface area contributed by atoms with Crippen LogP contribution < -0.4 is 5.73 Å². The zero-order valence-corrected chi connectivity index (χ0v) is 12.5. The van der Waals surface area contributed by atoms with E-state index in [1.807, 2.05) is 31.6 Å². The molecule has 0 aliphatic rings. The van der Waals surface area contributed by atoms with E-state index in [0.717, 1.165) is 5.56 Å². The van der Waals surface area contributed by atoms with Crippen LogP contribution in [0, 0.1) is 5.92 Å². The lowest BCUT2D eigenvalue weighted by Gasteiger charge is -2.23. The third-order valence-electron chi connectivity index (χ3n) is 2.69. The van der Waals surface area contributed by atoms with E-state index >= 15 is 0 Å². The van der Waals surface area contributed by atoms with Crippen molar-refractivity contribution < 1.29 is 9.53 Å². The van der Waals surface area contributed by atoms with Crippen molar-refractivity contribution in [2.45, 2.75) is 52.7 Å². The first kappa shape index (κ1) is 15.7. The molecule has 0 saturated heterocycles. The van der Waals surface area contributed by atoms with Gasteiger partial charge in [0.2, 0.25) is 0 Å². The molecule has 0 fully saturated rings. The van der Waals surface area contributed by atoms with Crippen molar-refractivity contribution in [1.82, 2.24) is 9.78 Å². The van der Waals surface area contributed by atoms with Gasteiger partial charge in [0.25, 0.3) is 0 Å². The summed E-state index contributed by atoms with van der Waals surface area (Å²) in [5, 5.41) is 4.26. The molecule has 1 heterocycles. The van der Waals surface area contributed by atoms with Crippen LogP contribution in [0.5, 0.6) is 0 Å². The molecule has 0 spiro atoms. The smallest absolute Gasteiger partial charge is 0.311 e. The lowest BCUT2D eigenvalue weighted by atomic mass is 10.0. The number of aromatic nitrogens is 2. The molecule has 1 atom stereocenters. The van der Waals surface area contributed by atoms with Crippen molar-refractivity contribution >= 4 is 5.97 Å². The minimum atomic E-state index is -0.480. The van der Waals surface area contributed by atoms with E-state index in [1.165, 1.54) is 0 Å². The van der Waals surface area contributed by atoms with E-state index < -0.39 is 5.60 Å².